The normalized spacial score (nSPS) is 12.8. The number of nitrogens with one attached hydrogen (secondary N) is 1. The van der Waals surface area contributed by atoms with E-state index in [1.165, 1.54) is 20.1 Å². The van der Waals surface area contributed by atoms with Crippen molar-refractivity contribution in [3.8, 4) is 0 Å². The standard InChI is InChI=1S/C10H16N2O4/c1-5-6-16-9(13)7(2)11-10(14)12-8(3)15-4/h5,8H,1,6H2,2-4H3,(H,12,14)/b11-7+. The van der Waals surface area contributed by atoms with Gasteiger partial charge in [0.25, 0.3) is 0 Å². The lowest BCUT2D eigenvalue weighted by molar-refractivity contribution is -0.134. The lowest BCUT2D eigenvalue weighted by Crippen LogP contribution is -2.32. The van der Waals surface area contributed by atoms with Gasteiger partial charge in [-0.2, -0.15) is 4.99 Å². The fourth-order valence-electron chi connectivity index (χ4n) is 0.702. The van der Waals surface area contributed by atoms with Crippen LogP contribution in [0, 0.1) is 0 Å². The first-order chi connectivity index (χ1) is 7.51. The molecule has 0 bridgehead atoms. The number of urea groups is 1. The minimum absolute atomic E-state index is 0.0253. The predicted molar refractivity (Wildman–Crippen MR) is 59.3 cm³/mol. The van der Waals surface area contributed by atoms with E-state index in [4.69, 9.17) is 4.74 Å². The summed E-state index contributed by atoms with van der Waals surface area (Å²) >= 11 is 0. The van der Waals surface area contributed by atoms with Crippen LogP contribution in [0.15, 0.2) is 17.6 Å². The Bertz CT molecular complexity index is 299. The van der Waals surface area contributed by atoms with E-state index in [-0.39, 0.29) is 12.3 Å². The molecule has 1 unspecified atom stereocenters. The van der Waals surface area contributed by atoms with Crippen LogP contribution in [0.4, 0.5) is 4.79 Å². The van der Waals surface area contributed by atoms with E-state index in [0.29, 0.717) is 0 Å². The van der Waals surface area contributed by atoms with Crippen molar-refractivity contribution in [2.45, 2.75) is 20.1 Å². The summed E-state index contributed by atoms with van der Waals surface area (Å²) in [5.41, 5.74) is -0.0253. The fraction of sp³-hybridized carbons (Fsp3) is 0.500. The summed E-state index contributed by atoms with van der Waals surface area (Å²) < 4.78 is 9.48. The zero-order valence-corrected chi connectivity index (χ0v) is 9.65. The van der Waals surface area contributed by atoms with Gasteiger partial charge in [0, 0.05) is 7.11 Å². The minimum atomic E-state index is -0.653. The Morgan fingerprint density at radius 1 is 1.56 bits per heavy atom. The topological polar surface area (TPSA) is 77.0 Å². The second kappa shape index (κ2) is 7.58. The summed E-state index contributed by atoms with van der Waals surface area (Å²) in [5.74, 6) is -0.653. The summed E-state index contributed by atoms with van der Waals surface area (Å²) in [4.78, 5) is 25.9. The Balaban J connectivity index is 4.24. The molecule has 0 aliphatic rings. The highest BCUT2D eigenvalue weighted by Gasteiger charge is 2.10. The lowest BCUT2D eigenvalue weighted by atomic mass is 10.4. The molecule has 0 aromatic heterocycles. The van der Waals surface area contributed by atoms with Gasteiger partial charge in [-0.05, 0) is 13.8 Å². The van der Waals surface area contributed by atoms with Crippen LogP contribution in [0.25, 0.3) is 0 Å². The highest BCUT2D eigenvalue weighted by Crippen LogP contribution is 1.89. The van der Waals surface area contributed by atoms with Crippen LogP contribution in [-0.4, -0.2) is 37.7 Å². The van der Waals surface area contributed by atoms with Gasteiger partial charge in [0.1, 0.15) is 18.5 Å². The van der Waals surface area contributed by atoms with Crippen molar-refractivity contribution in [3.63, 3.8) is 0 Å². The number of carbonyl (C=O) groups excluding carboxylic acids is 2. The molecule has 0 spiro atoms. The molecule has 0 heterocycles. The molecule has 0 rings (SSSR count). The molecule has 1 atom stereocenters. The van der Waals surface area contributed by atoms with Crippen LogP contribution in [0.3, 0.4) is 0 Å². The van der Waals surface area contributed by atoms with Crippen molar-refractivity contribution in [1.82, 2.24) is 5.32 Å². The summed E-state index contributed by atoms with van der Waals surface area (Å²) in [5, 5.41) is 2.39. The maximum atomic E-state index is 11.2. The van der Waals surface area contributed by atoms with Gasteiger partial charge >= 0.3 is 12.0 Å². The quantitative estimate of drug-likeness (QED) is 0.328. The van der Waals surface area contributed by atoms with Crippen LogP contribution < -0.4 is 5.32 Å². The second-order valence-corrected chi connectivity index (χ2v) is 2.91. The smallest absolute Gasteiger partial charge is 0.352 e. The lowest BCUT2D eigenvalue weighted by Gasteiger charge is -2.09. The molecular formula is C10H16N2O4. The fourth-order valence-corrected chi connectivity index (χ4v) is 0.702. The van der Waals surface area contributed by atoms with E-state index in [1.54, 1.807) is 6.92 Å². The van der Waals surface area contributed by atoms with Gasteiger partial charge in [-0.3, -0.25) is 0 Å². The number of nitrogens with zero attached hydrogens (tertiary/aromatic N) is 1. The highest BCUT2D eigenvalue weighted by molar-refractivity contribution is 6.37. The Morgan fingerprint density at radius 3 is 2.69 bits per heavy atom. The Hall–Kier alpha value is -1.69. The first-order valence-electron chi connectivity index (χ1n) is 4.67. The first kappa shape index (κ1) is 14.3. The van der Waals surface area contributed by atoms with E-state index in [9.17, 15) is 9.59 Å². The predicted octanol–water partition coefficient (Wildman–Crippen LogP) is 0.878. The SMILES string of the molecule is C=CCOC(=O)/C(C)=N/C(=O)NC(C)OC. The molecule has 6 nitrogen and oxygen atoms in total. The highest BCUT2D eigenvalue weighted by atomic mass is 16.5. The van der Waals surface area contributed by atoms with Crippen molar-refractivity contribution >= 4 is 17.7 Å². The third-order valence-electron chi connectivity index (χ3n) is 1.58. The zero-order valence-electron chi connectivity index (χ0n) is 9.65. The van der Waals surface area contributed by atoms with Crippen LogP contribution in [0.2, 0.25) is 0 Å². The number of amides is 2. The number of aliphatic imine (C=N–C) groups is 1. The molecule has 0 saturated heterocycles. The summed E-state index contributed by atoms with van der Waals surface area (Å²) in [6, 6.07) is -0.651. The molecule has 0 saturated carbocycles. The molecule has 6 heteroatoms. The summed E-state index contributed by atoms with van der Waals surface area (Å²) in [7, 11) is 1.44. The van der Waals surface area contributed by atoms with Crippen LogP contribution in [-0.2, 0) is 14.3 Å². The largest absolute Gasteiger partial charge is 0.457 e. The molecule has 0 fully saturated rings. The van der Waals surface area contributed by atoms with Crippen LogP contribution >= 0.6 is 0 Å². The molecule has 1 N–H and O–H groups in total. The average molecular weight is 228 g/mol. The number of hydrogen-bond acceptors (Lipinski definition) is 4. The number of rotatable bonds is 5. The van der Waals surface area contributed by atoms with E-state index in [1.807, 2.05) is 0 Å². The Morgan fingerprint density at radius 2 is 2.19 bits per heavy atom. The summed E-state index contributed by atoms with van der Waals surface area (Å²) in [6.45, 7) is 6.50. The number of carbonyl (C=O) groups is 2. The van der Waals surface area contributed by atoms with E-state index in [0.717, 1.165) is 0 Å². The van der Waals surface area contributed by atoms with Crippen molar-refractivity contribution < 1.29 is 19.1 Å². The van der Waals surface area contributed by atoms with Crippen molar-refractivity contribution in [1.29, 1.82) is 0 Å². The van der Waals surface area contributed by atoms with Gasteiger partial charge in [0.2, 0.25) is 0 Å². The van der Waals surface area contributed by atoms with Gasteiger partial charge in [-0.1, -0.05) is 12.7 Å². The number of esters is 1. The van der Waals surface area contributed by atoms with E-state index >= 15 is 0 Å². The number of ether oxygens (including phenoxy) is 2. The van der Waals surface area contributed by atoms with Gasteiger partial charge in [-0.25, -0.2) is 9.59 Å². The van der Waals surface area contributed by atoms with Gasteiger partial charge < -0.3 is 14.8 Å². The molecule has 2 amide bonds. The van der Waals surface area contributed by atoms with Crippen LogP contribution in [0.5, 0.6) is 0 Å². The van der Waals surface area contributed by atoms with Gasteiger partial charge in [0.05, 0.1) is 0 Å². The van der Waals surface area contributed by atoms with Crippen molar-refractivity contribution in [2.24, 2.45) is 4.99 Å². The van der Waals surface area contributed by atoms with Crippen LogP contribution in [0.1, 0.15) is 13.8 Å². The number of hydrogen-bond donors (Lipinski definition) is 1. The van der Waals surface area contributed by atoms with Crippen molar-refractivity contribution in [3.05, 3.63) is 12.7 Å². The Kier molecular flexibility index (Phi) is 6.78. The average Bonchev–Trinajstić information content (AvgIpc) is 2.25. The monoisotopic (exact) mass is 228 g/mol. The second-order valence-electron chi connectivity index (χ2n) is 2.91. The van der Waals surface area contributed by atoms with Gasteiger partial charge in [0.15, 0.2) is 0 Å². The minimum Gasteiger partial charge on any atom is -0.457 e. The molecule has 90 valence electrons. The third kappa shape index (κ3) is 5.92. The molecule has 0 aliphatic heterocycles. The summed E-state index contributed by atoms with van der Waals surface area (Å²) in [6.07, 6.45) is 0.964. The molecule has 0 aromatic carbocycles. The maximum absolute atomic E-state index is 11.2. The third-order valence-corrected chi connectivity index (χ3v) is 1.58. The zero-order chi connectivity index (χ0) is 12.6. The molecule has 0 aliphatic carbocycles. The van der Waals surface area contributed by atoms with E-state index in [2.05, 4.69) is 21.6 Å². The molecular weight excluding hydrogens is 212 g/mol. The first-order valence-corrected chi connectivity index (χ1v) is 4.67. The molecule has 0 aromatic rings. The molecule has 0 radical (unpaired) electrons. The van der Waals surface area contributed by atoms with E-state index < -0.39 is 18.2 Å². The van der Waals surface area contributed by atoms with Crippen molar-refractivity contribution in [2.75, 3.05) is 13.7 Å². The maximum Gasteiger partial charge on any atom is 0.352 e. The van der Waals surface area contributed by atoms with Gasteiger partial charge in [-0.15, -0.1) is 0 Å². The molecule has 16 heavy (non-hydrogen) atoms. The number of methoxy groups -OCH3 is 1. The Labute approximate surface area is 94.3 Å².